The van der Waals surface area contributed by atoms with Crippen molar-refractivity contribution in [1.29, 1.82) is 0 Å². The van der Waals surface area contributed by atoms with Crippen LogP contribution in [0, 0.1) is 6.92 Å². The molecule has 35 heavy (non-hydrogen) atoms. The third kappa shape index (κ3) is 4.33. The Kier molecular flexibility index (Phi) is 6.36. The van der Waals surface area contributed by atoms with Crippen molar-refractivity contribution >= 4 is 40.0 Å². The molecule has 5 nitrogen and oxygen atoms in total. The molecule has 2 aliphatic heterocycles. The molecule has 0 aliphatic carbocycles. The summed E-state index contributed by atoms with van der Waals surface area (Å²) in [4.78, 5) is 13.2. The first-order chi connectivity index (χ1) is 17.0. The second-order valence-corrected chi connectivity index (χ2v) is 9.85. The highest BCUT2D eigenvalue weighted by atomic mass is 32.2. The quantitative estimate of drug-likeness (QED) is 0.343. The van der Waals surface area contributed by atoms with E-state index in [9.17, 15) is 4.79 Å². The monoisotopic (exact) mass is 501 g/mol. The van der Waals surface area contributed by atoms with E-state index >= 15 is 0 Å². The third-order valence-electron chi connectivity index (χ3n) is 6.09. The highest BCUT2D eigenvalue weighted by Crippen LogP contribution is 2.48. The first kappa shape index (κ1) is 23.2. The average Bonchev–Trinajstić information content (AvgIpc) is 3.20. The van der Waals surface area contributed by atoms with Crippen LogP contribution in [0.2, 0.25) is 0 Å². The van der Waals surface area contributed by atoms with Crippen LogP contribution in [-0.2, 0) is 4.79 Å². The number of hydrogen-bond acceptors (Lipinski definition) is 6. The van der Waals surface area contributed by atoms with E-state index in [0.29, 0.717) is 26.5 Å². The van der Waals surface area contributed by atoms with E-state index in [0.717, 1.165) is 33.6 Å². The van der Waals surface area contributed by atoms with E-state index in [1.807, 2.05) is 54.6 Å². The summed E-state index contributed by atoms with van der Waals surface area (Å²) < 4.78 is 18.0. The summed E-state index contributed by atoms with van der Waals surface area (Å²) in [5.41, 5.74) is 5.00. The topological polar surface area (TPSA) is 56.8 Å². The summed E-state index contributed by atoms with van der Waals surface area (Å²) >= 11 is 6.50. The molecule has 0 unspecified atom stereocenters. The molecule has 2 heterocycles. The molecule has 0 aromatic heterocycles. The van der Waals surface area contributed by atoms with Crippen molar-refractivity contribution in [2.24, 2.45) is 0 Å². The number of carbonyl (C=O) groups excluding carboxylic acids is 1. The Labute approximate surface area is 213 Å². The number of amides is 1. The maximum Gasteiger partial charge on any atom is 0.263 e. The van der Waals surface area contributed by atoms with Crippen molar-refractivity contribution in [3.8, 4) is 17.2 Å². The highest BCUT2D eigenvalue weighted by molar-refractivity contribution is 8.26. The molecule has 1 fully saturated rings. The average molecular weight is 502 g/mol. The summed E-state index contributed by atoms with van der Waals surface area (Å²) in [5.74, 6) is 2.28. The van der Waals surface area contributed by atoms with E-state index in [1.165, 1.54) is 11.8 Å². The summed E-state index contributed by atoms with van der Waals surface area (Å²) in [5, 5.41) is 2.72. The van der Waals surface area contributed by atoms with Crippen LogP contribution in [0.4, 0.5) is 0 Å². The SMILES string of the molecule is COc1ccc(C2=C(/C=C3\SC(=S)NC3=O)[C@@H](c3ccccc3C)c3ccccc3O2)cc1OC. The molecule has 0 saturated carbocycles. The highest BCUT2D eigenvalue weighted by Gasteiger charge is 2.33. The molecule has 1 saturated heterocycles. The molecule has 3 aromatic rings. The van der Waals surface area contributed by atoms with Gasteiger partial charge in [0, 0.05) is 22.6 Å². The van der Waals surface area contributed by atoms with Crippen LogP contribution in [0.25, 0.3) is 5.76 Å². The number of methoxy groups -OCH3 is 2. The maximum absolute atomic E-state index is 12.7. The van der Waals surface area contributed by atoms with Crippen molar-refractivity contribution in [2.45, 2.75) is 12.8 Å². The van der Waals surface area contributed by atoms with Gasteiger partial charge >= 0.3 is 0 Å². The number of carbonyl (C=O) groups is 1. The van der Waals surface area contributed by atoms with Gasteiger partial charge in [-0.1, -0.05) is 66.4 Å². The van der Waals surface area contributed by atoms with E-state index in [-0.39, 0.29) is 11.8 Å². The van der Waals surface area contributed by atoms with Gasteiger partial charge in [0.25, 0.3) is 5.91 Å². The van der Waals surface area contributed by atoms with Crippen LogP contribution in [-0.4, -0.2) is 24.4 Å². The van der Waals surface area contributed by atoms with Crippen LogP contribution in [0.1, 0.15) is 28.2 Å². The third-order valence-corrected chi connectivity index (χ3v) is 7.25. The molecule has 7 heteroatoms. The second-order valence-electron chi connectivity index (χ2n) is 8.14. The van der Waals surface area contributed by atoms with E-state index < -0.39 is 0 Å². The molecule has 0 bridgehead atoms. The minimum atomic E-state index is -0.207. The lowest BCUT2D eigenvalue weighted by Crippen LogP contribution is -2.19. The first-order valence-electron chi connectivity index (χ1n) is 11.0. The van der Waals surface area contributed by atoms with E-state index in [1.54, 1.807) is 14.2 Å². The van der Waals surface area contributed by atoms with Crippen LogP contribution in [0.5, 0.6) is 17.2 Å². The Bertz CT molecular complexity index is 1410. The van der Waals surface area contributed by atoms with Gasteiger partial charge in [0.15, 0.2) is 11.5 Å². The number of thioether (sulfide) groups is 1. The predicted molar refractivity (Wildman–Crippen MR) is 143 cm³/mol. The van der Waals surface area contributed by atoms with E-state index in [2.05, 4.69) is 30.4 Å². The Hall–Kier alpha value is -3.55. The smallest absolute Gasteiger partial charge is 0.263 e. The van der Waals surface area contributed by atoms with Crippen molar-refractivity contribution < 1.29 is 19.0 Å². The van der Waals surface area contributed by atoms with Crippen LogP contribution < -0.4 is 19.5 Å². The fraction of sp³-hybridized carbons (Fsp3) is 0.143. The van der Waals surface area contributed by atoms with Gasteiger partial charge in [0.05, 0.1) is 19.1 Å². The van der Waals surface area contributed by atoms with Crippen molar-refractivity contribution in [3.05, 3.63) is 106 Å². The molecule has 3 aromatic carbocycles. The number of ether oxygens (including phenoxy) is 3. The molecule has 1 amide bonds. The van der Waals surface area contributed by atoms with Crippen LogP contribution in [0.3, 0.4) is 0 Å². The molecule has 1 N–H and O–H groups in total. The number of rotatable bonds is 5. The van der Waals surface area contributed by atoms with Gasteiger partial charge in [0.2, 0.25) is 0 Å². The normalized spacial score (nSPS) is 18.3. The fourth-order valence-electron chi connectivity index (χ4n) is 4.44. The molecule has 0 spiro atoms. The zero-order chi connectivity index (χ0) is 24.5. The lowest BCUT2D eigenvalue weighted by molar-refractivity contribution is -0.115. The number of fused-ring (bicyclic) bond motifs is 1. The number of para-hydroxylation sites is 1. The second kappa shape index (κ2) is 9.60. The number of benzene rings is 3. The molecular weight excluding hydrogens is 478 g/mol. The first-order valence-corrected chi connectivity index (χ1v) is 12.3. The number of thiocarbonyl (C=S) groups is 1. The lowest BCUT2D eigenvalue weighted by Gasteiger charge is -2.31. The molecule has 176 valence electrons. The Morgan fingerprint density at radius 2 is 1.69 bits per heavy atom. The summed E-state index contributed by atoms with van der Waals surface area (Å²) in [6, 6.07) is 22.0. The number of nitrogens with one attached hydrogen (secondary N) is 1. The zero-order valence-electron chi connectivity index (χ0n) is 19.5. The van der Waals surface area contributed by atoms with Crippen molar-refractivity contribution in [1.82, 2.24) is 5.32 Å². The molecule has 1 atom stereocenters. The molecule has 5 rings (SSSR count). The summed E-state index contributed by atoms with van der Waals surface area (Å²) in [6.45, 7) is 2.10. The lowest BCUT2D eigenvalue weighted by atomic mass is 9.79. The van der Waals surface area contributed by atoms with Gasteiger partial charge in [-0.2, -0.15) is 0 Å². The van der Waals surface area contributed by atoms with Gasteiger partial charge in [-0.3, -0.25) is 4.79 Å². The minimum absolute atomic E-state index is 0.153. The Balaban J connectivity index is 1.81. The summed E-state index contributed by atoms with van der Waals surface area (Å²) in [6.07, 6.45) is 1.90. The maximum atomic E-state index is 12.7. The van der Waals surface area contributed by atoms with E-state index in [4.69, 9.17) is 26.4 Å². The molecule has 2 aliphatic rings. The largest absolute Gasteiger partial charge is 0.493 e. The predicted octanol–water partition coefficient (Wildman–Crippen LogP) is 5.98. The number of hydrogen-bond donors (Lipinski definition) is 1. The Morgan fingerprint density at radius 3 is 2.37 bits per heavy atom. The fourth-order valence-corrected chi connectivity index (χ4v) is 5.47. The van der Waals surface area contributed by atoms with Crippen LogP contribution >= 0.6 is 24.0 Å². The standard InChI is InChI=1S/C28H23NO4S2/c1-16-8-4-5-9-18(16)25-19-10-6-7-11-21(19)33-26(17-12-13-22(31-2)23(14-17)32-3)20(25)15-24-27(30)29-28(34)35-24/h4-15,25H,1-3H3,(H,29,30,34)/b24-15-/t25-/m0/s1. The van der Waals surface area contributed by atoms with Gasteiger partial charge in [-0.05, 0) is 48.4 Å². The number of allylic oxidation sites excluding steroid dienone is 2. The number of aryl methyl sites for hydroxylation is 1. The van der Waals surface area contributed by atoms with Crippen LogP contribution in [0.15, 0.2) is 83.3 Å². The van der Waals surface area contributed by atoms with Gasteiger partial charge in [0.1, 0.15) is 15.8 Å². The van der Waals surface area contributed by atoms with Crippen molar-refractivity contribution in [2.75, 3.05) is 14.2 Å². The zero-order valence-corrected chi connectivity index (χ0v) is 21.1. The Morgan fingerprint density at radius 1 is 0.971 bits per heavy atom. The minimum Gasteiger partial charge on any atom is -0.493 e. The van der Waals surface area contributed by atoms with Gasteiger partial charge < -0.3 is 19.5 Å². The van der Waals surface area contributed by atoms with Gasteiger partial charge in [-0.15, -0.1) is 0 Å². The molecular formula is C28H23NO4S2. The summed E-state index contributed by atoms with van der Waals surface area (Å²) in [7, 11) is 3.21. The van der Waals surface area contributed by atoms with Crippen molar-refractivity contribution in [3.63, 3.8) is 0 Å². The van der Waals surface area contributed by atoms with Gasteiger partial charge in [-0.25, -0.2) is 0 Å². The molecule has 0 radical (unpaired) electrons.